The second-order valence-corrected chi connectivity index (χ2v) is 5.42. The predicted molar refractivity (Wildman–Crippen MR) is 80.9 cm³/mol. The van der Waals surface area contributed by atoms with Crippen LogP contribution in [0.15, 0.2) is 18.2 Å². The van der Waals surface area contributed by atoms with Crippen molar-refractivity contribution in [3.8, 4) is 0 Å². The zero-order chi connectivity index (χ0) is 14.8. The second kappa shape index (κ2) is 5.91. The maximum absolute atomic E-state index is 11.9. The number of nitrogens with two attached hydrogens (primary N) is 1. The molecule has 0 bridgehead atoms. The van der Waals surface area contributed by atoms with Crippen molar-refractivity contribution >= 4 is 17.5 Å². The van der Waals surface area contributed by atoms with E-state index in [0.29, 0.717) is 13.1 Å². The molecule has 2 aliphatic heterocycles. The van der Waals surface area contributed by atoms with Crippen molar-refractivity contribution in [3.05, 3.63) is 23.8 Å². The van der Waals surface area contributed by atoms with Crippen LogP contribution < -0.4 is 15.5 Å². The number of aryl methyl sites for hydroxylation is 1. The van der Waals surface area contributed by atoms with Gasteiger partial charge in [0.1, 0.15) is 6.10 Å². The van der Waals surface area contributed by atoms with Crippen LogP contribution in [0.25, 0.3) is 0 Å². The molecule has 6 nitrogen and oxygen atoms in total. The van der Waals surface area contributed by atoms with Gasteiger partial charge in [0, 0.05) is 31.0 Å². The Hall–Kier alpha value is -1.79. The Kier molecular flexibility index (Phi) is 3.98. The molecule has 114 valence electrons. The highest BCUT2D eigenvalue weighted by Crippen LogP contribution is 2.28. The van der Waals surface area contributed by atoms with E-state index in [1.54, 1.807) is 4.90 Å². The minimum atomic E-state index is -0.316. The average molecular weight is 291 g/mol. The molecule has 0 aromatic heterocycles. The summed E-state index contributed by atoms with van der Waals surface area (Å²) in [5.41, 5.74) is 8.78. The van der Waals surface area contributed by atoms with E-state index in [1.807, 2.05) is 12.1 Å². The lowest BCUT2D eigenvalue weighted by Crippen LogP contribution is -2.36. The van der Waals surface area contributed by atoms with Crippen LogP contribution in [-0.4, -0.2) is 51.6 Å². The standard InChI is InChI=1S/C15H21N3O3/c1-11-8-12(18-10-13(9-16)21-15(18)19)2-3-14(11)17-4-6-20-7-5-17/h2-3,8,13H,4-7,9-10,16H2,1H3. The molecular weight excluding hydrogens is 270 g/mol. The summed E-state index contributed by atoms with van der Waals surface area (Å²) in [6, 6.07) is 6.07. The van der Waals surface area contributed by atoms with E-state index < -0.39 is 0 Å². The summed E-state index contributed by atoms with van der Waals surface area (Å²) in [5, 5.41) is 0. The van der Waals surface area contributed by atoms with Crippen molar-refractivity contribution < 1.29 is 14.3 Å². The summed E-state index contributed by atoms with van der Waals surface area (Å²) in [4.78, 5) is 15.8. The van der Waals surface area contributed by atoms with Crippen LogP contribution in [0.2, 0.25) is 0 Å². The van der Waals surface area contributed by atoms with Crippen LogP contribution in [0.4, 0.5) is 16.2 Å². The number of amides is 1. The minimum Gasteiger partial charge on any atom is -0.443 e. The molecule has 1 amide bonds. The first-order chi connectivity index (χ1) is 10.2. The molecule has 0 radical (unpaired) electrons. The Bertz CT molecular complexity index is 529. The number of nitrogens with zero attached hydrogens (tertiary/aromatic N) is 2. The van der Waals surface area contributed by atoms with E-state index in [-0.39, 0.29) is 12.2 Å². The normalized spacial score (nSPS) is 22.6. The van der Waals surface area contributed by atoms with Gasteiger partial charge in [0.05, 0.1) is 19.8 Å². The monoisotopic (exact) mass is 291 g/mol. The topological polar surface area (TPSA) is 68.0 Å². The number of morpholine rings is 1. The molecule has 1 unspecified atom stereocenters. The van der Waals surface area contributed by atoms with Gasteiger partial charge < -0.3 is 20.1 Å². The third-order valence-corrected chi connectivity index (χ3v) is 3.98. The van der Waals surface area contributed by atoms with E-state index in [1.165, 1.54) is 5.69 Å². The van der Waals surface area contributed by atoms with Crippen LogP contribution in [-0.2, 0) is 9.47 Å². The van der Waals surface area contributed by atoms with Crippen molar-refractivity contribution in [1.29, 1.82) is 0 Å². The van der Waals surface area contributed by atoms with Gasteiger partial charge in [-0.15, -0.1) is 0 Å². The van der Waals surface area contributed by atoms with Crippen molar-refractivity contribution in [3.63, 3.8) is 0 Å². The van der Waals surface area contributed by atoms with Crippen molar-refractivity contribution in [2.24, 2.45) is 5.73 Å². The molecule has 1 atom stereocenters. The summed E-state index contributed by atoms with van der Waals surface area (Å²) in [6.45, 7) is 6.27. The fourth-order valence-corrected chi connectivity index (χ4v) is 2.82. The number of hydrogen-bond donors (Lipinski definition) is 1. The number of carbonyl (C=O) groups is 1. The molecule has 0 spiro atoms. The van der Waals surface area contributed by atoms with E-state index >= 15 is 0 Å². The number of benzene rings is 1. The lowest BCUT2D eigenvalue weighted by Gasteiger charge is -2.30. The summed E-state index contributed by atoms with van der Waals surface area (Å²) in [5.74, 6) is 0. The molecule has 6 heteroatoms. The highest BCUT2D eigenvalue weighted by molar-refractivity contribution is 5.90. The van der Waals surface area contributed by atoms with Gasteiger partial charge in [-0.25, -0.2) is 4.79 Å². The zero-order valence-electron chi connectivity index (χ0n) is 12.2. The highest BCUT2D eigenvalue weighted by Gasteiger charge is 2.31. The quantitative estimate of drug-likeness (QED) is 0.903. The van der Waals surface area contributed by atoms with Crippen molar-refractivity contribution in [1.82, 2.24) is 0 Å². The predicted octanol–water partition coefficient (Wildman–Crippen LogP) is 1.12. The lowest BCUT2D eigenvalue weighted by molar-refractivity contribution is 0.122. The Balaban J connectivity index is 1.79. The lowest BCUT2D eigenvalue weighted by atomic mass is 10.1. The van der Waals surface area contributed by atoms with Crippen molar-refractivity contribution in [2.45, 2.75) is 13.0 Å². The Labute approximate surface area is 124 Å². The summed E-state index contributed by atoms with van der Waals surface area (Å²) in [7, 11) is 0. The Morgan fingerprint density at radius 1 is 1.33 bits per heavy atom. The third-order valence-electron chi connectivity index (χ3n) is 3.98. The molecule has 0 aliphatic carbocycles. The van der Waals surface area contributed by atoms with Gasteiger partial charge in [0.25, 0.3) is 0 Å². The molecule has 3 rings (SSSR count). The molecular formula is C15H21N3O3. The first-order valence-electron chi connectivity index (χ1n) is 7.30. The fourth-order valence-electron chi connectivity index (χ4n) is 2.82. The number of cyclic esters (lactones) is 1. The molecule has 2 saturated heterocycles. The fraction of sp³-hybridized carbons (Fsp3) is 0.533. The van der Waals surface area contributed by atoms with Gasteiger partial charge in [0.2, 0.25) is 0 Å². The summed E-state index contributed by atoms with van der Waals surface area (Å²) >= 11 is 0. The first-order valence-corrected chi connectivity index (χ1v) is 7.30. The minimum absolute atomic E-state index is 0.211. The molecule has 1 aromatic rings. The smallest absolute Gasteiger partial charge is 0.414 e. The molecule has 0 saturated carbocycles. The maximum Gasteiger partial charge on any atom is 0.414 e. The third kappa shape index (κ3) is 2.82. The summed E-state index contributed by atoms with van der Waals surface area (Å²) < 4.78 is 10.6. The van der Waals surface area contributed by atoms with E-state index in [9.17, 15) is 4.79 Å². The van der Waals surface area contributed by atoms with Gasteiger partial charge >= 0.3 is 6.09 Å². The zero-order valence-corrected chi connectivity index (χ0v) is 12.2. The van der Waals surface area contributed by atoms with Crippen LogP contribution in [0, 0.1) is 6.92 Å². The van der Waals surface area contributed by atoms with Crippen LogP contribution in [0.5, 0.6) is 0 Å². The molecule has 21 heavy (non-hydrogen) atoms. The van der Waals surface area contributed by atoms with Crippen LogP contribution in [0.1, 0.15) is 5.56 Å². The molecule has 2 N–H and O–H groups in total. The number of anilines is 2. The first kappa shape index (κ1) is 14.2. The van der Waals surface area contributed by atoms with E-state index in [4.69, 9.17) is 15.2 Å². The number of ether oxygens (including phenoxy) is 2. The largest absolute Gasteiger partial charge is 0.443 e. The van der Waals surface area contributed by atoms with Gasteiger partial charge in [-0.3, -0.25) is 4.90 Å². The Morgan fingerprint density at radius 3 is 2.71 bits per heavy atom. The summed E-state index contributed by atoms with van der Waals surface area (Å²) in [6.07, 6.45) is -0.527. The molecule has 2 aliphatic rings. The SMILES string of the molecule is Cc1cc(N2CC(CN)OC2=O)ccc1N1CCOCC1. The maximum atomic E-state index is 11.9. The highest BCUT2D eigenvalue weighted by atomic mass is 16.6. The van der Waals surface area contributed by atoms with Gasteiger partial charge in [0.15, 0.2) is 0 Å². The van der Waals surface area contributed by atoms with Gasteiger partial charge in [-0.05, 0) is 30.7 Å². The van der Waals surface area contributed by atoms with Gasteiger partial charge in [-0.1, -0.05) is 0 Å². The van der Waals surface area contributed by atoms with Crippen LogP contribution in [0.3, 0.4) is 0 Å². The molecule has 1 aromatic carbocycles. The molecule has 2 fully saturated rings. The number of hydrogen-bond acceptors (Lipinski definition) is 5. The van der Waals surface area contributed by atoms with E-state index in [0.717, 1.165) is 37.6 Å². The average Bonchev–Trinajstić information content (AvgIpc) is 2.89. The van der Waals surface area contributed by atoms with E-state index in [2.05, 4.69) is 17.9 Å². The molecule has 2 heterocycles. The number of carbonyl (C=O) groups excluding carboxylic acids is 1. The second-order valence-electron chi connectivity index (χ2n) is 5.42. The number of rotatable bonds is 3. The van der Waals surface area contributed by atoms with Crippen molar-refractivity contribution in [2.75, 3.05) is 49.2 Å². The van der Waals surface area contributed by atoms with Crippen LogP contribution >= 0.6 is 0 Å². The Morgan fingerprint density at radius 2 is 2.10 bits per heavy atom. The van der Waals surface area contributed by atoms with Gasteiger partial charge in [-0.2, -0.15) is 0 Å².